The van der Waals surface area contributed by atoms with Gasteiger partial charge in [0, 0.05) is 17.7 Å². The van der Waals surface area contributed by atoms with Crippen molar-refractivity contribution in [1.29, 1.82) is 0 Å². The number of aliphatic imine (C=N–C) groups is 1. The van der Waals surface area contributed by atoms with Crippen LogP contribution in [0.15, 0.2) is 9.41 Å². The highest BCUT2D eigenvalue weighted by molar-refractivity contribution is 5.99. The minimum Gasteiger partial charge on any atom is -0.401 e. The van der Waals surface area contributed by atoms with Crippen molar-refractivity contribution >= 4 is 22.7 Å². The number of oxazole rings is 1. The normalized spacial score (nSPS) is 14.6. The summed E-state index contributed by atoms with van der Waals surface area (Å²) in [5.74, 6) is 1.77. The summed E-state index contributed by atoms with van der Waals surface area (Å²) in [5.41, 5.74) is 6.83. The molecule has 0 amide bonds. The predicted molar refractivity (Wildman–Crippen MR) is 80.3 cm³/mol. The Kier molecular flexibility index (Phi) is 2.92. The molecule has 2 aromatic rings. The van der Waals surface area contributed by atoms with Crippen molar-refractivity contribution in [2.24, 2.45) is 12.0 Å². The van der Waals surface area contributed by atoms with Gasteiger partial charge in [-0.15, -0.1) is 0 Å². The molecule has 1 aromatic heterocycles. The predicted octanol–water partition coefficient (Wildman–Crippen LogP) is 1.86. The van der Waals surface area contributed by atoms with E-state index in [-0.39, 0.29) is 0 Å². The fraction of sp³-hybridized carbons (Fsp3) is 0.467. The summed E-state index contributed by atoms with van der Waals surface area (Å²) in [6.45, 7) is 10.1. The monoisotopic (exact) mass is 273 g/mol. The van der Waals surface area contributed by atoms with Gasteiger partial charge in [0.2, 0.25) is 5.58 Å². The first-order valence-corrected chi connectivity index (χ1v) is 6.95. The van der Waals surface area contributed by atoms with Crippen LogP contribution in [0.2, 0.25) is 0 Å². The van der Waals surface area contributed by atoms with Gasteiger partial charge in [-0.05, 0) is 26.3 Å². The van der Waals surface area contributed by atoms with Crippen molar-refractivity contribution in [3.8, 4) is 0 Å². The highest BCUT2D eigenvalue weighted by Gasteiger charge is 2.25. The van der Waals surface area contributed by atoms with E-state index >= 15 is 0 Å². The Morgan fingerprint density at radius 2 is 1.90 bits per heavy atom. The van der Waals surface area contributed by atoms with Gasteiger partial charge in [-0.3, -0.25) is 4.99 Å². The van der Waals surface area contributed by atoms with Crippen LogP contribution >= 0.6 is 0 Å². The maximum atomic E-state index is 5.93. The lowest BCUT2D eigenvalue weighted by atomic mass is 10.0. The minimum absolute atomic E-state index is 0.830. The van der Waals surface area contributed by atoms with E-state index in [1.165, 1.54) is 16.6 Å². The number of anilines is 1. The molecule has 1 aliphatic heterocycles. The zero-order valence-corrected chi connectivity index (χ0v) is 12.7. The lowest BCUT2D eigenvalue weighted by molar-refractivity contribution is -0.657. The Bertz CT molecular complexity index is 728. The summed E-state index contributed by atoms with van der Waals surface area (Å²) in [4.78, 5) is 4.40. The number of rotatable bonds is 1. The fourth-order valence-corrected chi connectivity index (χ4v) is 2.80. The molecule has 0 bridgehead atoms. The first kappa shape index (κ1) is 13.0. The molecule has 0 saturated carbocycles. The highest BCUT2D eigenvalue weighted by atomic mass is 16.3. The van der Waals surface area contributed by atoms with Crippen molar-refractivity contribution < 1.29 is 8.98 Å². The molecule has 5 heteroatoms. The molecular formula is C15H21N4O+. The number of benzene rings is 1. The van der Waals surface area contributed by atoms with Crippen molar-refractivity contribution in [2.75, 3.05) is 18.4 Å². The molecule has 106 valence electrons. The van der Waals surface area contributed by atoms with Crippen LogP contribution in [0.5, 0.6) is 0 Å². The van der Waals surface area contributed by atoms with Gasteiger partial charge < -0.3 is 15.1 Å². The first-order chi connectivity index (χ1) is 9.50. The number of nitrogens with zero attached hydrogens (tertiary/aromatic N) is 2. The summed E-state index contributed by atoms with van der Waals surface area (Å²) < 4.78 is 8.04. The van der Waals surface area contributed by atoms with E-state index in [9.17, 15) is 0 Å². The SMILES string of the molecule is Cc1c(NC2=NCCN2)c(C)c2oc(C)[n+](C)c2c1C. The van der Waals surface area contributed by atoms with E-state index in [4.69, 9.17) is 4.42 Å². The van der Waals surface area contributed by atoms with Gasteiger partial charge in [0.15, 0.2) is 5.96 Å². The Labute approximate surface area is 118 Å². The van der Waals surface area contributed by atoms with E-state index in [1.807, 2.05) is 14.0 Å². The van der Waals surface area contributed by atoms with Crippen LogP contribution < -0.4 is 15.2 Å². The fourth-order valence-electron chi connectivity index (χ4n) is 2.80. The number of hydrogen-bond donors (Lipinski definition) is 2. The standard InChI is InChI=1S/C15H21N4O/c1-8-9(2)13-14(20-11(4)19(13)5)10(3)12(8)18-15-16-6-7-17-15/h6-7H2,1-5H3,(H2,16,17,18)/q+1. The summed E-state index contributed by atoms with van der Waals surface area (Å²) in [6.07, 6.45) is 0. The third-order valence-corrected chi connectivity index (χ3v) is 4.20. The van der Waals surface area contributed by atoms with E-state index in [2.05, 4.69) is 41.0 Å². The first-order valence-electron chi connectivity index (χ1n) is 6.95. The molecule has 5 nitrogen and oxygen atoms in total. The molecule has 0 saturated heterocycles. The topological polar surface area (TPSA) is 53.4 Å². The summed E-state index contributed by atoms with van der Waals surface area (Å²) in [5, 5.41) is 6.66. The van der Waals surface area contributed by atoms with E-state index in [1.54, 1.807) is 0 Å². The minimum atomic E-state index is 0.830. The van der Waals surface area contributed by atoms with E-state index in [0.29, 0.717) is 0 Å². The second-order valence-electron chi connectivity index (χ2n) is 5.39. The molecule has 2 heterocycles. The maximum Gasteiger partial charge on any atom is 0.344 e. The van der Waals surface area contributed by atoms with E-state index in [0.717, 1.165) is 41.8 Å². The van der Waals surface area contributed by atoms with Gasteiger partial charge in [-0.1, -0.05) is 0 Å². The molecule has 0 unspecified atom stereocenters. The van der Waals surface area contributed by atoms with Crippen molar-refractivity contribution in [2.45, 2.75) is 27.7 Å². The molecular weight excluding hydrogens is 252 g/mol. The van der Waals surface area contributed by atoms with Crippen LogP contribution in [-0.4, -0.2) is 19.0 Å². The number of nitrogens with one attached hydrogen (secondary N) is 2. The Balaban J connectivity index is 2.22. The second-order valence-corrected chi connectivity index (χ2v) is 5.39. The summed E-state index contributed by atoms with van der Waals surface area (Å²) >= 11 is 0. The number of aryl methyl sites for hydroxylation is 4. The maximum absolute atomic E-state index is 5.93. The van der Waals surface area contributed by atoms with Gasteiger partial charge in [-0.2, -0.15) is 4.57 Å². The van der Waals surface area contributed by atoms with Crippen molar-refractivity contribution in [3.05, 3.63) is 22.6 Å². The van der Waals surface area contributed by atoms with Crippen molar-refractivity contribution in [3.63, 3.8) is 0 Å². The van der Waals surface area contributed by atoms with Crippen molar-refractivity contribution in [1.82, 2.24) is 5.32 Å². The molecule has 20 heavy (non-hydrogen) atoms. The van der Waals surface area contributed by atoms with Gasteiger partial charge in [0.25, 0.3) is 5.52 Å². The molecule has 3 rings (SSSR count). The van der Waals surface area contributed by atoms with Crippen LogP contribution in [0, 0.1) is 27.7 Å². The zero-order chi connectivity index (χ0) is 14.4. The Hall–Kier alpha value is -2.04. The summed E-state index contributed by atoms with van der Waals surface area (Å²) in [7, 11) is 2.04. The van der Waals surface area contributed by atoms with Crippen LogP contribution in [0.1, 0.15) is 22.6 Å². The van der Waals surface area contributed by atoms with Gasteiger partial charge >= 0.3 is 5.89 Å². The van der Waals surface area contributed by atoms with Gasteiger partial charge in [0.1, 0.15) is 7.05 Å². The van der Waals surface area contributed by atoms with E-state index < -0.39 is 0 Å². The zero-order valence-electron chi connectivity index (χ0n) is 12.7. The number of hydrogen-bond acceptors (Lipinski definition) is 4. The summed E-state index contributed by atoms with van der Waals surface area (Å²) in [6, 6.07) is 0. The van der Waals surface area contributed by atoms with Gasteiger partial charge in [-0.25, -0.2) is 0 Å². The molecule has 0 radical (unpaired) electrons. The molecule has 2 N–H and O–H groups in total. The number of fused-ring (bicyclic) bond motifs is 1. The lowest BCUT2D eigenvalue weighted by Gasteiger charge is -2.14. The molecule has 0 spiro atoms. The van der Waals surface area contributed by atoms with Crippen LogP contribution in [-0.2, 0) is 7.05 Å². The Morgan fingerprint density at radius 3 is 2.55 bits per heavy atom. The molecule has 1 aromatic carbocycles. The van der Waals surface area contributed by atoms with Crippen LogP contribution in [0.4, 0.5) is 5.69 Å². The third kappa shape index (κ3) is 1.77. The van der Waals surface area contributed by atoms with Crippen LogP contribution in [0.3, 0.4) is 0 Å². The van der Waals surface area contributed by atoms with Gasteiger partial charge in [0.05, 0.1) is 19.2 Å². The Morgan fingerprint density at radius 1 is 1.15 bits per heavy atom. The number of aromatic nitrogens is 1. The average molecular weight is 273 g/mol. The highest BCUT2D eigenvalue weighted by Crippen LogP contribution is 2.32. The molecule has 0 atom stereocenters. The lowest BCUT2D eigenvalue weighted by Crippen LogP contribution is -2.30. The average Bonchev–Trinajstić information content (AvgIpc) is 3.02. The molecule has 0 aliphatic carbocycles. The molecule has 0 fully saturated rings. The molecule has 1 aliphatic rings. The second kappa shape index (κ2) is 4.51. The number of guanidine groups is 1. The van der Waals surface area contributed by atoms with Crippen LogP contribution in [0.25, 0.3) is 11.1 Å². The largest absolute Gasteiger partial charge is 0.401 e. The quantitative estimate of drug-likeness (QED) is 0.780. The third-order valence-electron chi connectivity index (χ3n) is 4.20. The smallest absolute Gasteiger partial charge is 0.344 e.